The van der Waals surface area contributed by atoms with E-state index in [1.807, 2.05) is 41.4 Å². The van der Waals surface area contributed by atoms with Crippen LogP contribution >= 0.6 is 0 Å². The number of nitrogens with zero attached hydrogens (tertiary/aromatic N) is 2. The smallest absolute Gasteiger partial charge is 0.261 e. The molecule has 8 nitrogen and oxygen atoms in total. The Hall–Kier alpha value is -3.66. The molecule has 9 heteroatoms. The lowest BCUT2D eigenvalue weighted by atomic mass is 9.99. The highest BCUT2D eigenvalue weighted by Crippen LogP contribution is 2.22. The number of aliphatic hydroxyl groups is 1. The van der Waals surface area contributed by atoms with Gasteiger partial charge in [-0.15, -0.1) is 0 Å². The molecule has 0 fully saturated rings. The number of β-amino-alcohol motifs (C(OH)–C–C–N with tert-alkyl or cyclic N) is 1. The Labute approximate surface area is 218 Å². The molecule has 0 spiro atoms. The molecule has 0 saturated heterocycles. The maximum Gasteiger partial charge on any atom is 0.261 e. The number of sulfonamides is 1. The van der Waals surface area contributed by atoms with Gasteiger partial charge in [-0.05, 0) is 62.2 Å². The number of imidazole rings is 1. The van der Waals surface area contributed by atoms with E-state index < -0.39 is 16.1 Å². The summed E-state index contributed by atoms with van der Waals surface area (Å²) >= 11 is 0. The number of hydrogen-bond donors (Lipinski definition) is 4. The Kier molecular flexibility index (Phi) is 7.97. The first-order valence-corrected chi connectivity index (χ1v) is 13.6. The molecule has 3 aromatic carbocycles. The first-order valence-electron chi connectivity index (χ1n) is 12.1. The zero-order valence-corrected chi connectivity index (χ0v) is 21.8. The summed E-state index contributed by atoms with van der Waals surface area (Å²) in [5.41, 5.74) is 9.17. The first-order chi connectivity index (χ1) is 17.6. The van der Waals surface area contributed by atoms with Crippen molar-refractivity contribution in [3.05, 3.63) is 97.0 Å². The van der Waals surface area contributed by atoms with Gasteiger partial charge in [-0.2, -0.15) is 0 Å². The molecule has 0 aliphatic heterocycles. The number of aliphatic hydroxyl groups excluding tert-OH is 1. The highest BCUT2D eigenvalue weighted by molar-refractivity contribution is 7.92. The summed E-state index contributed by atoms with van der Waals surface area (Å²) in [6.45, 7) is 5.25. The van der Waals surface area contributed by atoms with E-state index in [4.69, 9.17) is 5.73 Å². The molecule has 37 heavy (non-hydrogen) atoms. The largest absolute Gasteiger partial charge is 0.399 e. The zero-order chi connectivity index (χ0) is 26.5. The quantitative estimate of drug-likeness (QED) is 0.218. The van der Waals surface area contributed by atoms with E-state index in [0.29, 0.717) is 17.8 Å². The van der Waals surface area contributed by atoms with Crippen LogP contribution in [0.2, 0.25) is 0 Å². The van der Waals surface area contributed by atoms with E-state index in [1.165, 1.54) is 12.1 Å². The number of nitrogen functional groups attached to an aromatic ring is 1. The normalized spacial score (nSPS) is 12.8. The molecule has 1 atom stereocenters. The predicted molar refractivity (Wildman–Crippen MR) is 147 cm³/mol. The molecule has 0 amide bonds. The van der Waals surface area contributed by atoms with Crippen LogP contribution in [0, 0.1) is 0 Å². The lowest BCUT2D eigenvalue weighted by Gasteiger charge is -2.28. The number of nitrogens with two attached hydrogens (primary N) is 1. The van der Waals surface area contributed by atoms with Crippen molar-refractivity contribution in [1.29, 1.82) is 0 Å². The molecule has 0 saturated carbocycles. The maximum atomic E-state index is 12.6. The average molecular weight is 520 g/mol. The van der Waals surface area contributed by atoms with E-state index in [9.17, 15) is 13.5 Å². The number of nitrogens with one attached hydrogen (secondary N) is 2. The molecule has 0 radical (unpaired) electrons. The van der Waals surface area contributed by atoms with Gasteiger partial charge in [-0.3, -0.25) is 4.72 Å². The van der Waals surface area contributed by atoms with Crippen LogP contribution in [-0.2, 0) is 16.6 Å². The molecular weight excluding hydrogens is 486 g/mol. The summed E-state index contributed by atoms with van der Waals surface area (Å²) in [5.74, 6) is 0. The summed E-state index contributed by atoms with van der Waals surface area (Å²) in [6, 6.07) is 22.6. The van der Waals surface area contributed by atoms with Gasteiger partial charge in [-0.1, -0.05) is 42.5 Å². The van der Waals surface area contributed by atoms with Crippen molar-refractivity contribution in [2.24, 2.45) is 0 Å². The number of aryl methyl sites for hydroxylation is 1. The van der Waals surface area contributed by atoms with Gasteiger partial charge in [0.2, 0.25) is 0 Å². The SMILES string of the molecule is CC(C)(CCn1cnc(-c2ccc(N)cc2)c1)NCC(O)c1cccc(NS(=O)(=O)c2ccccc2)c1. The summed E-state index contributed by atoms with van der Waals surface area (Å²) < 4.78 is 29.9. The Morgan fingerprint density at radius 3 is 2.49 bits per heavy atom. The second kappa shape index (κ2) is 11.2. The highest BCUT2D eigenvalue weighted by Gasteiger charge is 2.20. The lowest BCUT2D eigenvalue weighted by molar-refractivity contribution is 0.158. The Bertz CT molecular complexity index is 1420. The summed E-state index contributed by atoms with van der Waals surface area (Å²) in [4.78, 5) is 4.68. The molecule has 194 valence electrons. The van der Waals surface area contributed by atoms with Crippen molar-refractivity contribution < 1.29 is 13.5 Å². The molecule has 1 aromatic heterocycles. The minimum Gasteiger partial charge on any atom is -0.399 e. The lowest BCUT2D eigenvalue weighted by Crippen LogP contribution is -2.42. The summed E-state index contributed by atoms with van der Waals surface area (Å²) in [5, 5.41) is 14.2. The molecule has 0 aliphatic rings. The summed E-state index contributed by atoms with van der Waals surface area (Å²) in [7, 11) is -3.70. The fraction of sp³-hybridized carbons (Fsp3) is 0.250. The topological polar surface area (TPSA) is 122 Å². The fourth-order valence-corrected chi connectivity index (χ4v) is 4.97. The molecule has 1 heterocycles. The van der Waals surface area contributed by atoms with Crippen LogP contribution in [0.3, 0.4) is 0 Å². The van der Waals surface area contributed by atoms with Gasteiger partial charge < -0.3 is 20.7 Å². The van der Waals surface area contributed by atoms with E-state index in [0.717, 1.165) is 29.9 Å². The number of benzene rings is 3. The van der Waals surface area contributed by atoms with Gasteiger partial charge in [0.1, 0.15) is 0 Å². The van der Waals surface area contributed by atoms with Gasteiger partial charge in [0.05, 0.1) is 23.0 Å². The molecule has 0 aliphatic carbocycles. The van der Waals surface area contributed by atoms with E-state index in [1.54, 1.807) is 42.5 Å². The maximum absolute atomic E-state index is 12.6. The van der Waals surface area contributed by atoms with Crippen LogP contribution < -0.4 is 15.8 Å². The van der Waals surface area contributed by atoms with Gasteiger partial charge in [0.15, 0.2) is 0 Å². The number of hydrogen-bond acceptors (Lipinski definition) is 6. The molecular formula is C28H33N5O3S. The average Bonchev–Trinajstić information content (AvgIpc) is 3.36. The third-order valence-electron chi connectivity index (χ3n) is 6.19. The number of aromatic nitrogens is 2. The van der Waals surface area contributed by atoms with E-state index in [-0.39, 0.29) is 10.4 Å². The van der Waals surface area contributed by atoms with Gasteiger partial charge in [0.25, 0.3) is 10.0 Å². The van der Waals surface area contributed by atoms with Crippen LogP contribution in [0.25, 0.3) is 11.3 Å². The number of rotatable bonds is 11. The van der Waals surface area contributed by atoms with Gasteiger partial charge >= 0.3 is 0 Å². The number of anilines is 2. The zero-order valence-electron chi connectivity index (χ0n) is 21.0. The standard InChI is InChI=1S/C28H33N5O3S/c1-28(2,15-16-33-19-26(30-20-33)21-11-13-23(29)14-12-21)31-18-27(34)22-7-6-8-24(17-22)32-37(35,36)25-9-4-3-5-10-25/h3-14,17,19-20,27,31-32,34H,15-16,18,29H2,1-2H3. The first kappa shape index (κ1) is 26.4. The Balaban J connectivity index is 1.31. The van der Waals surface area contributed by atoms with Crippen LogP contribution in [-0.4, -0.2) is 35.2 Å². The monoisotopic (exact) mass is 519 g/mol. The van der Waals surface area contributed by atoms with Crippen LogP contribution in [0.15, 0.2) is 96.3 Å². The minimum atomic E-state index is -3.70. The van der Waals surface area contributed by atoms with Crippen molar-refractivity contribution in [2.75, 3.05) is 17.0 Å². The van der Waals surface area contributed by atoms with Crippen molar-refractivity contribution in [3.63, 3.8) is 0 Å². The molecule has 4 aromatic rings. The van der Waals surface area contributed by atoms with Crippen molar-refractivity contribution in [1.82, 2.24) is 14.9 Å². The van der Waals surface area contributed by atoms with Gasteiger partial charge in [-0.25, -0.2) is 13.4 Å². The summed E-state index contributed by atoms with van der Waals surface area (Å²) in [6.07, 6.45) is 3.84. The predicted octanol–water partition coefficient (Wildman–Crippen LogP) is 4.43. The van der Waals surface area contributed by atoms with Crippen LogP contribution in [0.4, 0.5) is 11.4 Å². The highest BCUT2D eigenvalue weighted by atomic mass is 32.2. The van der Waals surface area contributed by atoms with Crippen molar-refractivity contribution in [2.45, 2.75) is 43.4 Å². The van der Waals surface area contributed by atoms with Crippen LogP contribution in [0.5, 0.6) is 0 Å². The Morgan fingerprint density at radius 1 is 1.03 bits per heavy atom. The minimum absolute atomic E-state index is 0.183. The molecule has 4 rings (SSSR count). The third kappa shape index (κ3) is 7.19. The van der Waals surface area contributed by atoms with Crippen molar-refractivity contribution in [3.8, 4) is 11.3 Å². The van der Waals surface area contributed by atoms with Crippen LogP contribution in [0.1, 0.15) is 31.9 Å². The second-order valence-corrected chi connectivity index (χ2v) is 11.4. The Morgan fingerprint density at radius 2 is 1.76 bits per heavy atom. The van der Waals surface area contributed by atoms with Crippen molar-refractivity contribution >= 4 is 21.4 Å². The van der Waals surface area contributed by atoms with Gasteiger partial charge in [0, 0.05) is 41.8 Å². The second-order valence-electron chi connectivity index (χ2n) is 9.69. The van der Waals surface area contributed by atoms with E-state index >= 15 is 0 Å². The van der Waals surface area contributed by atoms with E-state index in [2.05, 4.69) is 28.9 Å². The molecule has 5 N–H and O–H groups in total. The molecule has 1 unspecified atom stereocenters. The third-order valence-corrected chi connectivity index (χ3v) is 7.58. The molecule has 0 bridgehead atoms. The fourth-order valence-electron chi connectivity index (χ4n) is 3.90.